The molecule has 0 aromatic carbocycles. The smallest absolute Gasteiger partial charge is 0.317 e. The number of carbonyl (C=O) groups excluding carboxylic acids is 1. The van der Waals surface area contributed by atoms with Crippen LogP contribution in [-0.4, -0.2) is 45.3 Å². The van der Waals surface area contributed by atoms with E-state index in [4.69, 9.17) is 5.26 Å². The molecule has 1 N–H and O–H groups in total. The number of hydrogen-bond donors (Lipinski definition) is 1. The summed E-state index contributed by atoms with van der Waals surface area (Å²) in [6.07, 6.45) is 4.07. The van der Waals surface area contributed by atoms with E-state index in [0.717, 1.165) is 25.2 Å². The van der Waals surface area contributed by atoms with Gasteiger partial charge in [0.2, 0.25) is 0 Å². The summed E-state index contributed by atoms with van der Waals surface area (Å²) in [4.78, 5) is 13.7. The summed E-state index contributed by atoms with van der Waals surface area (Å²) < 4.78 is 1.83. The second-order valence-corrected chi connectivity index (χ2v) is 4.75. The molecule has 0 bridgehead atoms. The Morgan fingerprint density at radius 1 is 1.68 bits per heavy atom. The second-order valence-electron chi connectivity index (χ2n) is 4.75. The minimum absolute atomic E-state index is 0.0294. The molecule has 1 aliphatic rings. The highest BCUT2D eigenvalue weighted by atomic mass is 16.2. The van der Waals surface area contributed by atoms with Crippen LogP contribution >= 0.6 is 0 Å². The summed E-state index contributed by atoms with van der Waals surface area (Å²) in [7, 11) is 1.87. The molecular formula is C12H18N6O. The van der Waals surface area contributed by atoms with Crippen molar-refractivity contribution in [2.24, 2.45) is 13.0 Å². The van der Waals surface area contributed by atoms with Gasteiger partial charge >= 0.3 is 6.03 Å². The van der Waals surface area contributed by atoms with Crippen molar-refractivity contribution >= 4 is 6.03 Å². The molecule has 1 atom stereocenters. The topological polar surface area (TPSA) is 86.8 Å². The lowest BCUT2D eigenvalue weighted by Crippen LogP contribution is -2.45. The van der Waals surface area contributed by atoms with E-state index < -0.39 is 0 Å². The van der Waals surface area contributed by atoms with Crippen LogP contribution in [0.3, 0.4) is 0 Å². The number of aryl methyl sites for hydroxylation is 1. The van der Waals surface area contributed by atoms with E-state index in [1.165, 1.54) is 0 Å². The highest BCUT2D eigenvalue weighted by Gasteiger charge is 2.22. The van der Waals surface area contributed by atoms with E-state index in [2.05, 4.69) is 21.6 Å². The Bertz CT molecular complexity index is 477. The first-order valence-corrected chi connectivity index (χ1v) is 6.46. The van der Waals surface area contributed by atoms with Crippen LogP contribution < -0.4 is 5.32 Å². The first-order chi connectivity index (χ1) is 9.20. The number of nitrogens with one attached hydrogen (secondary N) is 1. The molecule has 2 rings (SSSR count). The summed E-state index contributed by atoms with van der Waals surface area (Å²) in [6, 6.07) is 2.14. The molecule has 1 aliphatic heterocycles. The van der Waals surface area contributed by atoms with Gasteiger partial charge in [-0.3, -0.25) is 0 Å². The van der Waals surface area contributed by atoms with E-state index in [1.54, 1.807) is 11.2 Å². The third-order valence-electron chi connectivity index (χ3n) is 3.32. The van der Waals surface area contributed by atoms with Gasteiger partial charge in [-0.05, 0) is 12.8 Å². The Morgan fingerprint density at radius 2 is 2.53 bits per heavy atom. The highest BCUT2D eigenvalue weighted by molar-refractivity contribution is 5.74. The zero-order valence-corrected chi connectivity index (χ0v) is 11.0. The quantitative estimate of drug-likeness (QED) is 0.849. The summed E-state index contributed by atoms with van der Waals surface area (Å²) in [6.45, 7) is 1.79. The molecule has 1 aromatic heterocycles. The molecule has 2 amide bonds. The van der Waals surface area contributed by atoms with E-state index in [-0.39, 0.29) is 11.9 Å². The van der Waals surface area contributed by atoms with Crippen LogP contribution in [0.5, 0.6) is 0 Å². The average molecular weight is 262 g/mol. The van der Waals surface area contributed by atoms with Crippen molar-refractivity contribution in [3.05, 3.63) is 12.2 Å². The summed E-state index contributed by atoms with van der Waals surface area (Å²) in [5.74, 6) is 0.812. The molecule has 7 nitrogen and oxygen atoms in total. The number of carbonyl (C=O) groups is 1. The van der Waals surface area contributed by atoms with E-state index in [1.807, 2.05) is 11.6 Å². The maximum absolute atomic E-state index is 11.9. The van der Waals surface area contributed by atoms with E-state index in [9.17, 15) is 4.79 Å². The first-order valence-electron chi connectivity index (χ1n) is 6.46. The van der Waals surface area contributed by atoms with Gasteiger partial charge in [0.05, 0.1) is 12.0 Å². The molecule has 7 heteroatoms. The van der Waals surface area contributed by atoms with Crippen LogP contribution in [-0.2, 0) is 13.5 Å². The summed E-state index contributed by atoms with van der Waals surface area (Å²) in [5, 5.41) is 19.5. The largest absolute Gasteiger partial charge is 0.338 e. The number of amides is 2. The van der Waals surface area contributed by atoms with Crippen molar-refractivity contribution in [2.45, 2.75) is 19.3 Å². The van der Waals surface area contributed by atoms with Crippen molar-refractivity contribution < 1.29 is 4.79 Å². The number of rotatable bonds is 3. The van der Waals surface area contributed by atoms with Crippen LogP contribution in [0.15, 0.2) is 6.33 Å². The molecule has 0 spiro atoms. The fourth-order valence-corrected chi connectivity index (χ4v) is 2.19. The first kappa shape index (κ1) is 13.3. The molecule has 1 saturated heterocycles. The minimum Gasteiger partial charge on any atom is -0.338 e. The van der Waals surface area contributed by atoms with Gasteiger partial charge in [0.1, 0.15) is 12.2 Å². The molecule has 0 saturated carbocycles. The predicted octanol–water partition coefficient (Wildman–Crippen LogP) is 0.303. The average Bonchev–Trinajstić information content (AvgIpc) is 2.84. The van der Waals surface area contributed by atoms with Gasteiger partial charge in [0.15, 0.2) is 0 Å². The zero-order chi connectivity index (χ0) is 13.7. The number of urea groups is 1. The molecule has 1 aromatic rings. The monoisotopic (exact) mass is 262 g/mol. The fraction of sp³-hybridized carbons (Fsp3) is 0.667. The Labute approximate surface area is 112 Å². The number of aromatic nitrogens is 3. The van der Waals surface area contributed by atoms with Gasteiger partial charge in [-0.15, -0.1) is 10.2 Å². The van der Waals surface area contributed by atoms with Crippen molar-refractivity contribution in [3.63, 3.8) is 0 Å². The van der Waals surface area contributed by atoms with Crippen LogP contribution in [0.1, 0.15) is 18.7 Å². The molecule has 2 heterocycles. The maximum atomic E-state index is 11.9. The molecule has 0 radical (unpaired) electrons. The Kier molecular flexibility index (Phi) is 4.34. The van der Waals surface area contributed by atoms with Crippen molar-refractivity contribution in [3.8, 4) is 6.07 Å². The summed E-state index contributed by atoms with van der Waals surface area (Å²) >= 11 is 0. The lowest BCUT2D eigenvalue weighted by Gasteiger charge is -2.29. The lowest BCUT2D eigenvalue weighted by molar-refractivity contribution is 0.176. The predicted molar refractivity (Wildman–Crippen MR) is 68.0 cm³/mol. The number of nitrogens with zero attached hydrogens (tertiary/aromatic N) is 5. The zero-order valence-electron chi connectivity index (χ0n) is 11.0. The molecule has 102 valence electrons. The Hall–Kier alpha value is -2.10. The lowest BCUT2D eigenvalue weighted by atomic mass is 10.0. The standard InChI is InChI=1S/C12H18N6O/c1-17-9-15-16-11(17)4-5-14-12(19)18-6-2-3-10(7-13)8-18/h9-10H,2-6,8H2,1H3,(H,14,19). The van der Waals surface area contributed by atoms with Gasteiger partial charge in [0.25, 0.3) is 0 Å². The van der Waals surface area contributed by atoms with Crippen LogP contribution in [0.4, 0.5) is 4.79 Å². The normalized spacial score (nSPS) is 18.9. The maximum Gasteiger partial charge on any atom is 0.317 e. The van der Waals surface area contributed by atoms with Crippen molar-refractivity contribution in [2.75, 3.05) is 19.6 Å². The second kappa shape index (κ2) is 6.18. The molecule has 1 unspecified atom stereocenters. The Morgan fingerprint density at radius 3 is 3.21 bits per heavy atom. The van der Waals surface area contributed by atoms with Gasteiger partial charge in [-0.1, -0.05) is 0 Å². The van der Waals surface area contributed by atoms with E-state index in [0.29, 0.717) is 19.5 Å². The molecule has 19 heavy (non-hydrogen) atoms. The van der Waals surface area contributed by atoms with Crippen molar-refractivity contribution in [1.29, 1.82) is 5.26 Å². The number of piperidine rings is 1. The van der Waals surface area contributed by atoms with Gasteiger partial charge in [-0.2, -0.15) is 5.26 Å². The molecule has 1 fully saturated rings. The van der Waals surface area contributed by atoms with Gasteiger partial charge in [-0.25, -0.2) is 4.79 Å². The molecule has 0 aliphatic carbocycles. The van der Waals surface area contributed by atoms with Crippen LogP contribution in [0, 0.1) is 17.2 Å². The van der Waals surface area contributed by atoms with Crippen LogP contribution in [0.2, 0.25) is 0 Å². The number of hydrogen-bond acceptors (Lipinski definition) is 4. The molecular weight excluding hydrogens is 244 g/mol. The third kappa shape index (κ3) is 3.44. The van der Waals surface area contributed by atoms with Gasteiger partial charge in [0, 0.05) is 33.1 Å². The highest BCUT2D eigenvalue weighted by Crippen LogP contribution is 2.15. The SMILES string of the molecule is Cn1cnnc1CCNC(=O)N1CCCC(C#N)C1. The number of likely N-dealkylation sites (tertiary alicyclic amines) is 1. The number of nitriles is 1. The summed E-state index contributed by atoms with van der Waals surface area (Å²) in [5.41, 5.74) is 0. The Balaban J connectivity index is 1.75. The van der Waals surface area contributed by atoms with Gasteiger partial charge < -0.3 is 14.8 Å². The third-order valence-corrected chi connectivity index (χ3v) is 3.32. The van der Waals surface area contributed by atoms with E-state index >= 15 is 0 Å². The fourth-order valence-electron chi connectivity index (χ4n) is 2.19. The van der Waals surface area contributed by atoms with Crippen molar-refractivity contribution in [1.82, 2.24) is 25.0 Å². The minimum atomic E-state index is -0.0953. The van der Waals surface area contributed by atoms with Crippen LogP contribution in [0.25, 0.3) is 0 Å².